The van der Waals surface area contributed by atoms with Gasteiger partial charge in [0.1, 0.15) is 0 Å². The first kappa shape index (κ1) is 10.3. The van der Waals surface area contributed by atoms with Crippen LogP contribution in [0.15, 0.2) is 0 Å². The van der Waals surface area contributed by atoms with Gasteiger partial charge in [-0.25, -0.2) is 0 Å². The van der Waals surface area contributed by atoms with Crippen molar-refractivity contribution in [1.82, 2.24) is 0 Å². The van der Waals surface area contributed by atoms with E-state index >= 15 is 0 Å². The van der Waals surface area contributed by atoms with Crippen molar-refractivity contribution in [2.75, 3.05) is 23.5 Å². The van der Waals surface area contributed by atoms with Crippen LogP contribution in [0.5, 0.6) is 0 Å². The van der Waals surface area contributed by atoms with Crippen LogP contribution in [0.2, 0.25) is 0 Å². The third kappa shape index (κ3) is 8.26. The molecule has 10 heavy (non-hydrogen) atoms. The number of terminal acetylenes is 1. The molecule has 0 saturated heterocycles. The van der Waals surface area contributed by atoms with E-state index < -0.39 is 0 Å². The third-order valence-electron chi connectivity index (χ3n) is 1.07. The minimum Gasteiger partial charge on any atom is -0.165 e. The van der Waals surface area contributed by atoms with Gasteiger partial charge in [-0.2, -0.15) is 11.8 Å². The maximum atomic E-state index is 5.09. The van der Waals surface area contributed by atoms with Gasteiger partial charge in [0, 0.05) is 0 Å². The summed E-state index contributed by atoms with van der Waals surface area (Å²) in [6.45, 7) is 0. The van der Waals surface area contributed by atoms with Crippen LogP contribution in [-0.2, 0) is 0 Å². The lowest BCUT2D eigenvalue weighted by Crippen LogP contribution is -1.83. The molecule has 2 heteroatoms. The van der Waals surface area contributed by atoms with E-state index in [9.17, 15) is 0 Å². The fourth-order valence-electron chi connectivity index (χ4n) is 0.582. The molecule has 0 rings (SSSR count). The molecule has 0 N–H and O–H groups in total. The molecule has 0 bridgehead atoms. The first-order valence-electron chi connectivity index (χ1n) is 3.42. The van der Waals surface area contributed by atoms with Gasteiger partial charge >= 0.3 is 0 Å². The van der Waals surface area contributed by atoms with Gasteiger partial charge in [0.05, 0.1) is 5.75 Å². The lowest BCUT2D eigenvalue weighted by Gasteiger charge is -1.95. The van der Waals surface area contributed by atoms with E-state index in [0.29, 0.717) is 0 Å². The zero-order valence-corrected chi connectivity index (χ0v) is 8.06. The largest absolute Gasteiger partial charge is 0.165 e. The normalized spacial score (nSPS) is 9.20. The second-order valence-corrected chi connectivity index (χ2v) is 4.05. The Labute approximate surface area is 72.5 Å². The number of thioether (sulfide) groups is 2. The fourth-order valence-corrected chi connectivity index (χ4v) is 1.74. The van der Waals surface area contributed by atoms with Crippen LogP contribution >= 0.6 is 23.5 Å². The highest BCUT2D eigenvalue weighted by Gasteiger charge is 1.86. The van der Waals surface area contributed by atoms with Crippen molar-refractivity contribution in [3.8, 4) is 12.3 Å². The van der Waals surface area contributed by atoms with Crippen molar-refractivity contribution in [2.45, 2.75) is 12.8 Å². The van der Waals surface area contributed by atoms with Crippen LogP contribution in [0.4, 0.5) is 0 Å². The summed E-state index contributed by atoms with van der Waals surface area (Å²) in [6, 6.07) is 0. The highest BCUT2D eigenvalue weighted by Crippen LogP contribution is 2.05. The second-order valence-electron chi connectivity index (χ2n) is 1.96. The molecule has 0 spiro atoms. The highest BCUT2D eigenvalue weighted by atomic mass is 32.2. The smallest absolute Gasteiger partial charge is 0.0544 e. The Morgan fingerprint density at radius 2 is 2.00 bits per heavy atom. The Balaban J connectivity index is 2.72. The van der Waals surface area contributed by atoms with Gasteiger partial charge < -0.3 is 0 Å². The SMILES string of the molecule is C#CCSCCCCSC. The predicted molar refractivity (Wildman–Crippen MR) is 53.8 cm³/mol. The number of hydrogen-bond donors (Lipinski definition) is 0. The van der Waals surface area contributed by atoms with Crippen molar-refractivity contribution in [2.24, 2.45) is 0 Å². The molecule has 58 valence electrons. The summed E-state index contributed by atoms with van der Waals surface area (Å²) in [4.78, 5) is 0. The van der Waals surface area contributed by atoms with Crippen LogP contribution in [0.25, 0.3) is 0 Å². The van der Waals surface area contributed by atoms with E-state index in [0.717, 1.165) is 5.75 Å². The minimum absolute atomic E-state index is 0.874. The molecule has 0 unspecified atom stereocenters. The van der Waals surface area contributed by atoms with Crippen molar-refractivity contribution in [3.63, 3.8) is 0 Å². The number of unbranched alkanes of at least 4 members (excludes halogenated alkanes) is 1. The molecular weight excluding hydrogens is 160 g/mol. The third-order valence-corrected chi connectivity index (χ3v) is 2.72. The van der Waals surface area contributed by atoms with Crippen molar-refractivity contribution in [1.29, 1.82) is 0 Å². The second kappa shape index (κ2) is 9.26. The molecule has 0 nitrogen and oxygen atoms in total. The Morgan fingerprint density at radius 1 is 1.30 bits per heavy atom. The average Bonchev–Trinajstić information content (AvgIpc) is 1.97. The van der Waals surface area contributed by atoms with Crippen LogP contribution in [-0.4, -0.2) is 23.5 Å². The summed E-state index contributed by atoms with van der Waals surface area (Å²) in [5.74, 6) is 6.01. The van der Waals surface area contributed by atoms with E-state index in [1.54, 1.807) is 0 Å². The molecule has 0 aliphatic rings. The molecule has 0 saturated carbocycles. The standard InChI is InChI=1S/C8H14S2/c1-3-6-10-8-5-4-7-9-2/h1H,4-8H2,2H3. The molecule has 0 aromatic heterocycles. The average molecular weight is 174 g/mol. The van der Waals surface area contributed by atoms with Crippen LogP contribution in [0, 0.1) is 12.3 Å². The van der Waals surface area contributed by atoms with Gasteiger partial charge in [0.25, 0.3) is 0 Å². The molecule has 0 heterocycles. The molecule has 0 fully saturated rings. The van der Waals surface area contributed by atoms with Gasteiger partial charge in [0.15, 0.2) is 0 Å². The highest BCUT2D eigenvalue weighted by molar-refractivity contribution is 7.99. The van der Waals surface area contributed by atoms with Gasteiger partial charge in [-0.3, -0.25) is 0 Å². The predicted octanol–water partition coefficient (Wildman–Crippen LogP) is 2.50. The van der Waals surface area contributed by atoms with E-state index in [4.69, 9.17) is 6.42 Å². The van der Waals surface area contributed by atoms with Crippen LogP contribution in [0.3, 0.4) is 0 Å². The lowest BCUT2D eigenvalue weighted by molar-refractivity contribution is 0.909. The molecule has 0 aliphatic carbocycles. The van der Waals surface area contributed by atoms with Gasteiger partial charge in [0.2, 0.25) is 0 Å². The summed E-state index contributed by atoms with van der Waals surface area (Å²) >= 11 is 3.77. The van der Waals surface area contributed by atoms with E-state index in [1.165, 1.54) is 24.3 Å². The van der Waals surface area contributed by atoms with Gasteiger partial charge in [-0.1, -0.05) is 5.92 Å². The summed E-state index contributed by atoms with van der Waals surface area (Å²) in [5.41, 5.74) is 0. The Morgan fingerprint density at radius 3 is 2.60 bits per heavy atom. The zero-order chi connectivity index (χ0) is 7.66. The quantitative estimate of drug-likeness (QED) is 0.448. The van der Waals surface area contributed by atoms with E-state index in [-0.39, 0.29) is 0 Å². The molecule has 0 aromatic carbocycles. The first-order chi connectivity index (χ1) is 4.91. The van der Waals surface area contributed by atoms with Crippen LogP contribution in [0.1, 0.15) is 12.8 Å². The minimum atomic E-state index is 0.874. The van der Waals surface area contributed by atoms with Crippen molar-refractivity contribution >= 4 is 23.5 Å². The summed E-state index contributed by atoms with van der Waals surface area (Å²) < 4.78 is 0. The Hall–Kier alpha value is 0.260. The van der Waals surface area contributed by atoms with Gasteiger partial charge in [-0.05, 0) is 30.6 Å². The zero-order valence-electron chi connectivity index (χ0n) is 6.43. The van der Waals surface area contributed by atoms with Crippen molar-refractivity contribution < 1.29 is 0 Å². The molecular formula is C8H14S2. The first-order valence-corrected chi connectivity index (χ1v) is 5.97. The summed E-state index contributed by atoms with van der Waals surface area (Å²) in [6.07, 6.45) is 9.89. The Bertz CT molecular complexity index is 93.9. The molecule has 0 amide bonds. The maximum Gasteiger partial charge on any atom is 0.0544 e. The van der Waals surface area contributed by atoms with Crippen LogP contribution < -0.4 is 0 Å². The Kier molecular flexibility index (Phi) is 9.50. The molecule has 0 aliphatic heterocycles. The van der Waals surface area contributed by atoms with E-state index in [2.05, 4.69) is 12.2 Å². The molecule has 0 radical (unpaired) electrons. The van der Waals surface area contributed by atoms with Crippen molar-refractivity contribution in [3.05, 3.63) is 0 Å². The monoisotopic (exact) mass is 174 g/mol. The summed E-state index contributed by atoms with van der Waals surface area (Å²) in [5, 5.41) is 0. The molecule has 0 atom stereocenters. The fraction of sp³-hybridized carbons (Fsp3) is 0.750. The number of hydrogen-bond acceptors (Lipinski definition) is 2. The lowest BCUT2D eigenvalue weighted by atomic mass is 10.4. The number of rotatable bonds is 6. The molecule has 0 aromatic rings. The van der Waals surface area contributed by atoms with E-state index in [1.807, 2.05) is 23.5 Å². The topological polar surface area (TPSA) is 0 Å². The summed E-state index contributed by atoms with van der Waals surface area (Å²) in [7, 11) is 0. The maximum absolute atomic E-state index is 5.09. The van der Waals surface area contributed by atoms with Gasteiger partial charge in [-0.15, -0.1) is 18.2 Å².